The molecule has 1 nitrogen and oxygen atoms in total. The van der Waals surface area contributed by atoms with Gasteiger partial charge in [-0.3, -0.25) is 5.32 Å². The maximum absolute atomic E-state index is 13.2. The molecule has 0 saturated heterocycles. The molecular weight excluding hydrogens is 302 g/mol. The third kappa shape index (κ3) is 2.63. The Hall–Kier alpha value is -0.620. The smallest absolute Gasteiger partial charge is 0.299 e. The monoisotopic (exact) mass is 311 g/mol. The van der Waals surface area contributed by atoms with E-state index in [0.717, 1.165) is 0 Å². The van der Waals surface area contributed by atoms with E-state index in [0.29, 0.717) is 10.0 Å². The fraction of sp³-hybridized carbons (Fsp3) is 0.455. The molecule has 94 valence electrons. The minimum absolute atomic E-state index is 0.0176. The molecule has 0 radical (unpaired) electrons. The maximum Gasteiger partial charge on any atom is 0.406 e. The van der Waals surface area contributed by atoms with Crippen LogP contribution in [0, 0.1) is 5.82 Å². The molecule has 0 heterocycles. The second kappa shape index (κ2) is 4.24. The molecular formula is C11H10BrF4N. The van der Waals surface area contributed by atoms with E-state index in [2.05, 4.69) is 21.2 Å². The zero-order chi connectivity index (χ0) is 12.7. The normalized spacial score (nSPS) is 18.2. The maximum atomic E-state index is 13.2. The van der Waals surface area contributed by atoms with Crippen LogP contribution in [0.1, 0.15) is 18.4 Å². The van der Waals surface area contributed by atoms with Crippen molar-refractivity contribution in [3.63, 3.8) is 0 Å². The Morgan fingerprint density at radius 2 is 1.94 bits per heavy atom. The van der Waals surface area contributed by atoms with E-state index in [1.165, 1.54) is 12.1 Å². The molecule has 0 unspecified atom stereocenters. The van der Waals surface area contributed by atoms with Crippen LogP contribution in [0.15, 0.2) is 22.7 Å². The van der Waals surface area contributed by atoms with Gasteiger partial charge in [-0.05, 0) is 46.5 Å². The SMILES string of the molecule is Fc1cc(CNC2(C(F)(F)F)CC2)ccc1Br. The van der Waals surface area contributed by atoms with Crippen molar-refractivity contribution < 1.29 is 17.6 Å². The lowest BCUT2D eigenvalue weighted by atomic mass is 10.2. The van der Waals surface area contributed by atoms with E-state index in [-0.39, 0.29) is 19.4 Å². The van der Waals surface area contributed by atoms with Crippen molar-refractivity contribution >= 4 is 15.9 Å². The average Bonchev–Trinajstić information content (AvgIpc) is 3.00. The van der Waals surface area contributed by atoms with E-state index < -0.39 is 17.5 Å². The van der Waals surface area contributed by atoms with Crippen LogP contribution in [-0.4, -0.2) is 11.7 Å². The summed E-state index contributed by atoms with van der Waals surface area (Å²) < 4.78 is 51.2. The third-order valence-corrected chi connectivity index (χ3v) is 3.55. The van der Waals surface area contributed by atoms with Crippen LogP contribution in [-0.2, 0) is 6.54 Å². The predicted molar refractivity (Wildman–Crippen MR) is 59.0 cm³/mol. The highest BCUT2D eigenvalue weighted by molar-refractivity contribution is 9.10. The summed E-state index contributed by atoms with van der Waals surface area (Å²) >= 11 is 2.99. The Bertz CT molecular complexity index is 426. The zero-order valence-electron chi connectivity index (χ0n) is 8.74. The van der Waals surface area contributed by atoms with Crippen molar-refractivity contribution in [2.24, 2.45) is 0 Å². The highest BCUT2D eigenvalue weighted by atomic mass is 79.9. The number of nitrogens with one attached hydrogen (secondary N) is 1. The summed E-state index contributed by atoms with van der Waals surface area (Å²) in [6.45, 7) is 0.0176. The molecule has 17 heavy (non-hydrogen) atoms. The van der Waals surface area contributed by atoms with Crippen LogP contribution in [0.25, 0.3) is 0 Å². The number of rotatable bonds is 3. The van der Waals surface area contributed by atoms with Gasteiger partial charge < -0.3 is 0 Å². The van der Waals surface area contributed by atoms with Crippen LogP contribution in [0.4, 0.5) is 17.6 Å². The van der Waals surface area contributed by atoms with Gasteiger partial charge in [0.05, 0.1) is 4.47 Å². The fourth-order valence-corrected chi connectivity index (χ4v) is 1.85. The zero-order valence-corrected chi connectivity index (χ0v) is 10.3. The summed E-state index contributed by atoms with van der Waals surface area (Å²) in [5.41, 5.74) is -1.25. The van der Waals surface area contributed by atoms with Crippen molar-refractivity contribution in [1.82, 2.24) is 5.32 Å². The molecule has 0 bridgehead atoms. The Morgan fingerprint density at radius 3 is 2.41 bits per heavy atom. The van der Waals surface area contributed by atoms with Crippen LogP contribution in [0.5, 0.6) is 0 Å². The average molecular weight is 312 g/mol. The van der Waals surface area contributed by atoms with E-state index >= 15 is 0 Å². The van der Waals surface area contributed by atoms with Gasteiger partial charge in [0.2, 0.25) is 0 Å². The number of hydrogen-bond donors (Lipinski definition) is 1. The summed E-state index contributed by atoms with van der Waals surface area (Å²) in [7, 11) is 0. The summed E-state index contributed by atoms with van der Waals surface area (Å²) in [6, 6.07) is 4.30. The molecule has 1 N–H and O–H groups in total. The first kappa shape index (κ1) is 12.8. The van der Waals surface area contributed by atoms with Gasteiger partial charge in [0.25, 0.3) is 0 Å². The number of benzene rings is 1. The van der Waals surface area contributed by atoms with Gasteiger partial charge >= 0.3 is 6.18 Å². The molecule has 0 amide bonds. The largest absolute Gasteiger partial charge is 0.406 e. The highest BCUT2D eigenvalue weighted by Crippen LogP contribution is 2.49. The first-order chi connectivity index (χ1) is 7.84. The van der Waals surface area contributed by atoms with Crippen molar-refractivity contribution in [2.45, 2.75) is 31.1 Å². The van der Waals surface area contributed by atoms with Crippen LogP contribution in [0.2, 0.25) is 0 Å². The van der Waals surface area contributed by atoms with Crippen molar-refractivity contribution in [3.8, 4) is 0 Å². The summed E-state index contributed by atoms with van der Waals surface area (Å²) in [4.78, 5) is 0. The van der Waals surface area contributed by atoms with Gasteiger partial charge in [-0.1, -0.05) is 6.07 Å². The Kier molecular flexibility index (Phi) is 3.20. The molecule has 1 saturated carbocycles. The lowest BCUT2D eigenvalue weighted by molar-refractivity contribution is -0.166. The van der Waals surface area contributed by atoms with Crippen LogP contribution < -0.4 is 5.32 Å². The first-order valence-electron chi connectivity index (χ1n) is 5.10. The molecule has 1 aromatic carbocycles. The standard InChI is InChI=1S/C11H10BrF4N/c12-8-2-1-7(5-9(8)13)6-17-10(3-4-10)11(14,15)16/h1-2,5,17H,3-4,6H2. The Balaban J connectivity index is 2.01. The molecule has 0 atom stereocenters. The second-order valence-corrected chi connectivity index (χ2v) is 5.04. The summed E-state index contributed by atoms with van der Waals surface area (Å²) in [6.07, 6.45) is -4.05. The minimum atomic E-state index is -4.24. The quantitative estimate of drug-likeness (QED) is 0.838. The first-order valence-corrected chi connectivity index (χ1v) is 5.89. The van der Waals surface area contributed by atoms with Crippen LogP contribution in [0.3, 0.4) is 0 Å². The lowest BCUT2D eigenvalue weighted by Crippen LogP contribution is -2.44. The summed E-state index contributed by atoms with van der Waals surface area (Å²) in [5, 5.41) is 2.47. The lowest BCUT2D eigenvalue weighted by Gasteiger charge is -2.20. The Morgan fingerprint density at radius 1 is 1.29 bits per heavy atom. The second-order valence-electron chi connectivity index (χ2n) is 4.18. The molecule has 6 heteroatoms. The molecule has 1 aromatic rings. The summed E-state index contributed by atoms with van der Waals surface area (Å²) in [5.74, 6) is -0.471. The van der Waals surface area contributed by atoms with E-state index in [1.54, 1.807) is 6.07 Å². The molecule has 2 rings (SSSR count). The molecule has 1 aliphatic carbocycles. The molecule has 1 fully saturated rings. The predicted octanol–water partition coefficient (Wildman–Crippen LogP) is 3.77. The minimum Gasteiger partial charge on any atom is -0.299 e. The van der Waals surface area contributed by atoms with Gasteiger partial charge in [-0.2, -0.15) is 13.2 Å². The van der Waals surface area contributed by atoms with E-state index in [4.69, 9.17) is 0 Å². The van der Waals surface area contributed by atoms with Gasteiger partial charge in [0.15, 0.2) is 0 Å². The number of halogens is 5. The van der Waals surface area contributed by atoms with E-state index in [9.17, 15) is 17.6 Å². The van der Waals surface area contributed by atoms with Gasteiger partial charge in [-0.15, -0.1) is 0 Å². The number of hydrogen-bond acceptors (Lipinski definition) is 1. The van der Waals surface area contributed by atoms with Gasteiger partial charge in [-0.25, -0.2) is 4.39 Å². The molecule has 0 spiro atoms. The topological polar surface area (TPSA) is 12.0 Å². The van der Waals surface area contributed by atoms with Gasteiger partial charge in [0.1, 0.15) is 11.4 Å². The fourth-order valence-electron chi connectivity index (χ4n) is 1.61. The molecule has 0 aliphatic heterocycles. The van der Waals surface area contributed by atoms with Crippen molar-refractivity contribution in [3.05, 3.63) is 34.1 Å². The number of alkyl halides is 3. The van der Waals surface area contributed by atoms with E-state index in [1.807, 2.05) is 0 Å². The Labute approximate surface area is 104 Å². The van der Waals surface area contributed by atoms with Gasteiger partial charge in [0, 0.05) is 6.54 Å². The molecule has 1 aliphatic rings. The molecule has 0 aromatic heterocycles. The van der Waals surface area contributed by atoms with Crippen molar-refractivity contribution in [2.75, 3.05) is 0 Å². The van der Waals surface area contributed by atoms with Crippen molar-refractivity contribution in [1.29, 1.82) is 0 Å². The third-order valence-electron chi connectivity index (χ3n) is 2.91. The highest BCUT2D eigenvalue weighted by Gasteiger charge is 2.62. The van der Waals surface area contributed by atoms with Crippen LogP contribution >= 0.6 is 15.9 Å².